The Morgan fingerprint density at radius 2 is 2.04 bits per heavy atom. The van der Waals surface area contributed by atoms with Gasteiger partial charge in [0.05, 0.1) is 23.6 Å². The number of hydrogen-bond donors (Lipinski definition) is 4. The number of ether oxygens (including phenoxy) is 1. The minimum absolute atomic E-state index is 0.174. The second kappa shape index (κ2) is 6.62. The normalized spacial score (nSPS) is 10.8. The minimum atomic E-state index is -0.789. The van der Waals surface area contributed by atoms with E-state index in [1.54, 1.807) is 13.2 Å². The van der Waals surface area contributed by atoms with Crippen molar-refractivity contribution < 1.29 is 14.3 Å². The molecule has 0 aliphatic carbocycles. The zero-order chi connectivity index (χ0) is 18.0. The fourth-order valence-electron chi connectivity index (χ4n) is 2.70. The van der Waals surface area contributed by atoms with Crippen LogP contribution in [0, 0.1) is 0 Å². The van der Waals surface area contributed by atoms with Crippen LogP contribution in [0.25, 0.3) is 22.2 Å². The lowest BCUT2D eigenvalue weighted by molar-refractivity contribution is 0.100. The van der Waals surface area contributed by atoms with E-state index in [0.717, 1.165) is 17.0 Å². The summed E-state index contributed by atoms with van der Waals surface area (Å²) in [4.78, 5) is 30.4. The van der Waals surface area contributed by atoms with Gasteiger partial charge in [0.1, 0.15) is 5.82 Å². The number of rotatable bonds is 5. The molecule has 0 atom stereocenters. The number of aromatic amines is 1. The number of methoxy groups -OCH3 is 1. The van der Waals surface area contributed by atoms with Crippen molar-refractivity contribution in [1.82, 2.24) is 9.97 Å². The molecule has 128 valence electrons. The average Bonchev–Trinajstić information content (AvgIpc) is 2.91. The van der Waals surface area contributed by atoms with Gasteiger partial charge in [0, 0.05) is 23.6 Å². The summed E-state index contributed by atoms with van der Waals surface area (Å²) >= 11 is 0. The van der Waals surface area contributed by atoms with Crippen LogP contribution >= 0.6 is 0 Å². The molecule has 25 heavy (non-hydrogen) atoms. The Morgan fingerprint density at radius 1 is 1.24 bits per heavy atom. The molecule has 6 N–H and O–H groups in total. The van der Waals surface area contributed by atoms with E-state index in [1.807, 2.05) is 30.3 Å². The molecule has 0 aliphatic heterocycles. The summed E-state index contributed by atoms with van der Waals surface area (Å²) in [5, 5.41) is 2.97. The number of nitrogens with zero attached hydrogens (tertiary/aromatic N) is 1. The van der Waals surface area contributed by atoms with Crippen LogP contribution in [0.4, 0.5) is 10.6 Å². The van der Waals surface area contributed by atoms with Gasteiger partial charge in [0.15, 0.2) is 0 Å². The molecule has 2 aromatic heterocycles. The predicted molar refractivity (Wildman–Crippen MR) is 94.0 cm³/mol. The van der Waals surface area contributed by atoms with Gasteiger partial charge in [-0.15, -0.1) is 0 Å². The highest BCUT2D eigenvalue weighted by atomic mass is 16.5. The maximum absolute atomic E-state index is 11.7. The standard InChI is InChI=1S/C17H17N5O3/c1-25-8-10-3-2-4-12(20-10)9-5-6-11-13(7-9)21-16(22-17(19)24)14(11)15(18)23/h2-7,21H,8H2,1H3,(H2,18,23)(H3,19,22,24). The van der Waals surface area contributed by atoms with Gasteiger partial charge in [-0.3, -0.25) is 15.1 Å². The van der Waals surface area contributed by atoms with Crippen LogP contribution in [0.3, 0.4) is 0 Å². The third-order valence-electron chi connectivity index (χ3n) is 3.69. The monoisotopic (exact) mass is 339 g/mol. The Balaban J connectivity index is 2.10. The van der Waals surface area contributed by atoms with Crippen molar-refractivity contribution in [3.05, 3.63) is 47.7 Å². The summed E-state index contributed by atoms with van der Waals surface area (Å²) in [6, 6.07) is 10.3. The van der Waals surface area contributed by atoms with E-state index in [-0.39, 0.29) is 11.4 Å². The number of nitrogens with two attached hydrogens (primary N) is 2. The van der Waals surface area contributed by atoms with Crippen molar-refractivity contribution in [3.8, 4) is 11.3 Å². The lowest BCUT2D eigenvalue weighted by Gasteiger charge is -2.04. The fraction of sp³-hybridized carbons (Fsp3) is 0.118. The Labute approximate surface area is 143 Å². The molecule has 1 aromatic carbocycles. The molecule has 2 heterocycles. The number of primary amides is 2. The lowest BCUT2D eigenvalue weighted by Crippen LogP contribution is -2.22. The number of fused-ring (bicyclic) bond motifs is 1. The van der Waals surface area contributed by atoms with Gasteiger partial charge in [-0.2, -0.15) is 0 Å². The van der Waals surface area contributed by atoms with E-state index in [1.165, 1.54) is 0 Å². The maximum Gasteiger partial charge on any atom is 0.317 e. The summed E-state index contributed by atoms with van der Waals surface area (Å²) in [7, 11) is 1.61. The fourth-order valence-corrected chi connectivity index (χ4v) is 2.70. The highest BCUT2D eigenvalue weighted by molar-refractivity contribution is 6.13. The van der Waals surface area contributed by atoms with Crippen molar-refractivity contribution in [2.24, 2.45) is 11.5 Å². The molecule has 0 spiro atoms. The molecule has 0 bridgehead atoms. The Hall–Kier alpha value is -3.39. The third kappa shape index (κ3) is 3.29. The summed E-state index contributed by atoms with van der Waals surface area (Å²) < 4.78 is 5.10. The molecule has 8 nitrogen and oxygen atoms in total. The van der Waals surface area contributed by atoms with Gasteiger partial charge in [-0.05, 0) is 18.2 Å². The van der Waals surface area contributed by atoms with E-state index in [9.17, 15) is 9.59 Å². The van der Waals surface area contributed by atoms with Gasteiger partial charge in [0.2, 0.25) is 0 Å². The van der Waals surface area contributed by atoms with Crippen LogP contribution in [-0.4, -0.2) is 29.0 Å². The van der Waals surface area contributed by atoms with Crippen LogP contribution in [0.1, 0.15) is 16.1 Å². The predicted octanol–water partition coefficient (Wildman–Crippen LogP) is 1.97. The largest absolute Gasteiger partial charge is 0.378 e. The van der Waals surface area contributed by atoms with Gasteiger partial charge >= 0.3 is 6.03 Å². The van der Waals surface area contributed by atoms with E-state index in [2.05, 4.69) is 15.3 Å². The van der Waals surface area contributed by atoms with Crippen molar-refractivity contribution in [3.63, 3.8) is 0 Å². The Bertz CT molecular complexity index is 964. The quantitative estimate of drug-likeness (QED) is 0.565. The second-order valence-electron chi connectivity index (χ2n) is 5.44. The number of hydrogen-bond acceptors (Lipinski definition) is 4. The molecule has 0 unspecified atom stereocenters. The summed E-state index contributed by atoms with van der Waals surface area (Å²) in [6.07, 6.45) is 0. The molecule has 3 aromatic rings. The molecule has 3 rings (SSSR count). The van der Waals surface area contributed by atoms with Gasteiger partial charge in [-0.25, -0.2) is 4.79 Å². The molecule has 0 radical (unpaired) electrons. The van der Waals surface area contributed by atoms with Gasteiger partial charge in [-0.1, -0.05) is 18.2 Å². The number of anilines is 1. The van der Waals surface area contributed by atoms with E-state index < -0.39 is 11.9 Å². The summed E-state index contributed by atoms with van der Waals surface area (Å²) in [5.41, 5.74) is 13.8. The number of benzene rings is 1. The number of amides is 3. The van der Waals surface area contributed by atoms with Gasteiger partial charge < -0.3 is 21.2 Å². The number of pyridine rings is 1. The van der Waals surface area contributed by atoms with Crippen molar-refractivity contribution in [2.75, 3.05) is 12.4 Å². The second-order valence-corrected chi connectivity index (χ2v) is 5.44. The third-order valence-corrected chi connectivity index (χ3v) is 3.69. The zero-order valence-corrected chi connectivity index (χ0v) is 13.5. The van der Waals surface area contributed by atoms with E-state index >= 15 is 0 Å². The first-order chi connectivity index (χ1) is 12.0. The summed E-state index contributed by atoms with van der Waals surface area (Å²) in [5.74, 6) is -0.490. The zero-order valence-electron chi connectivity index (χ0n) is 13.5. The molecule has 8 heteroatoms. The minimum Gasteiger partial charge on any atom is -0.378 e. The molecule has 3 amide bonds. The van der Waals surface area contributed by atoms with Crippen molar-refractivity contribution >= 4 is 28.7 Å². The Kier molecular flexibility index (Phi) is 4.36. The van der Waals surface area contributed by atoms with Crippen molar-refractivity contribution in [1.29, 1.82) is 0 Å². The molecule has 0 saturated heterocycles. The van der Waals surface area contributed by atoms with E-state index in [4.69, 9.17) is 16.2 Å². The molecule has 0 aliphatic rings. The average molecular weight is 339 g/mol. The molecular formula is C17H17N5O3. The number of H-pyrrole nitrogens is 1. The first-order valence-electron chi connectivity index (χ1n) is 7.47. The number of nitrogens with one attached hydrogen (secondary N) is 2. The first-order valence-corrected chi connectivity index (χ1v) is 7.47. The Morgan fingerprint density at radius 3 is 2.72 bits per heavy atom. The summed E-state index contributed by atoms with van der Waals surface area (Å²) in [6.45, 7) is 0.414. The number of aromatic nitrogens is 2. The van der Waals surface area contributed by atoms with Gasteiger partial charge in [0.25, 0.3) is 5.91 Å². The number of carbonyl (C=O) groups is 2. The number of urea groups is 1. The molecule has 0 saturated carbocycles. The first kappa shape index (κ1) is 16.5. The van der Waals surface area contributed by atoms with E-state index in [0.29, 0.717) is 17.5 Å². The lowest BCUT2D eigenvalue weighted by atomic mass is 10.1. The van der Waals surface area contributed by atoms with Crippen LogP contribution in [0.2, 0.25) is 0 Å². The smallest absolute Gasteiger partial charge is 0.317 e. The SMILES string of the molecule is COCc1cccc(-c2ccc3c(C(N)=O)c(NC(N)=O)[nH]c3c2)n1. The van der Waals surface area contributed by atoms with Crippen LogP contribution < -0.4 is 16.8 Å². The molecular weight excluding hydrogens is 322 g/mol. The van der Waals surface area contributed by atoms with Crippen LogP contribution in [0.15, 0.2) is 36.4 Å². The highest BCUT2D eigenvalue weighted by Gasteiger charge is 2.18. The number of carbonyl (C=O) groups excluding carboxylic acids is 2. The molecule has 0 fully saturated rings. The maximum atomic E-state index is 11.7. The highest BCUT2D eigenvalue weighted by Crippen LogP contribution is 2.29. The topological polar surface area (TPSA) is 136 Å². The van der Waals surface area contributed by atoms with Crippen molar-refractivity contribution in [2.45, 2.75) is 6.61 Å². The van der Waals surface area contributed by atoms with Crippen LogP contribution in [0.5, 0.6) is 0 Å². The van der Waals surface area contributed by atoms with Crippen LogP contribution in [-0.2, 0) is 11.3 Å².